The second kappa shape index (κ2) is 12.2. The van der Waals surface area contributed by atoms with E-state index in [1.165, 1.54) is 30.6 Å². The van der Waals surface area contributed by atoms with Crippen LogP contribution in [0.4, 0.5) is 19.0 Å². The lowest BCUT2D eigenvalue weighted by atomic mass is 10.1. The highest BCUT2D eigenvalue weighted by Gasteiger charge is 2.31. The second-order valence-electron chi connectivity index (χ2n) is 8.90. The molecule has 4 rings (SSSR count). The van der Waals surface area contributed by atoms with Gasteiger partial charge in [0.15, 0.2) is 11.5 Å². The van der Waals surface area contributed by atoms with E-state index in [1.54, 1.807) is 33.9 Å². The monoisotopic (exact) mass is 588 g/mol. The quantitative estimate of drug-likeness (QED) is 0.413. The smallest absolute Gasteiger partial charge is 0.390 e. The molecule has 0 saturated carbocycles. The van der Waals surface area contributed by atoms with Gasteiger partial charge in [0.25, 0.3) is 11.8 Å². The van der Waals surface area contributed by atoms with Gasteiger partial charge in [0.05, 0.1) is 23.9 Å². The Morgan fingerprint density at radius 1 is 1.00 bits per heavy atom. The molecule has 2 N–H and O–H groups in total. The fraction of sp³-hybridized carbons (Fsp3) is 0.269. The Balaban J connectivity index is 1.35. The number of alkyl halides is 3. The van der Waals surface area contributed by atoms with Crippen LogP contribution in [0.1, 0.15) is 38.4 Å². The maximum atomic E-state index is 13.3. The number of aromatic nitrogens is 3. The number of hydrogen-bond acceptors (Lipinski definition) is 9. The minimum Gasteiger partial charge on any atom is -0.506 e. The van der Waals surface area contributed by atoms with Gasteiger partial charge in [-0.05, 0) is 30.3 Å². The van der Waals surface area contributed by atoms with Crippen LogP contribution in [-0.2, 0) is 10.0 Å². The van der Waals surface area contributed by atoms with Crippen molar-refractivity contribution in [1.29, 1.82) is 0 Å². The highest BCUT2D eigenvalue weighted by atomic mass is 32.2. The molecule has 2 amide bonds. The van der Waals surface area contributed by atoms with Crippen LogP contribution >= 0.6 is 0 Å². The number of nitrogens with one attached hydrogen (secondary N) is 1. The molecule has 15 heteroatoms. The number of aromatic hydroxyl groups is 1. The third kappa shape index (κ3) is 8.15. The molecule has 2 aromatic heterocycles. The first-order chi connectivity index (χ1) is 19.4. The van der Waals surface area contributed by atoms with Gasteiger partial charge in [0, 0.05) is 43.5 Å². The zero-order valence-corrected chi connectivity index (χ0v) is 22.1. The predicted octanol–water partition coefficient (Wildman–Crippen LogP) is 1.95. The van der Waals surface area contributed by atoms with E-state index in [0.29, 0.717) is 48.7 Å². The van der Waals surface area contributed by atoms with Crippen molar-refractivity contribution >= 4 is 27.7 Å². The van der Waals surface area contributed by atoms with E-state index in [2.05, 4.69) is 27.0 Å². The van der Waals surface area contributed by atoms with Crippen LogP contribution in [0.2, 0.25) is 0 Å². The van der Waals surface area contributed by atoms with E-state index in [4.69, 9.17) is 0 Å². The average Bonchev–Trinajstić information content (AvgIpc) is 2.94. The number of amides is 2. The lowest BCUT2D eigenvalue weighted by Crippen LogP contribution is -2.49. The summed E-state index contributed by atoms with van der Waals surface area (Å²) in [6, 6.07) is 11.0. The summed E-state index contributed by atoms with van der Waals surface area (Å²) < 4.78 is 62.0. The van der Waals surface area contributed by atoms with Gasteiger partial charge in [-0.2, -0.15) is 13.2 Å². The molecule has 3 aromatic rings. The minimum absolute atomic E-state index is 0.0190. The molecule has 214 valence electrons. The van der Waals surface area contributed by atoms with Crippen LogP contribution in [0.3, 0.4) is 0 Å². The van der Waals surface area contributed by atoms with Crippen molar-refractivity contribution < 1.29 is 36.3 Å². The molecule has 3 heterocycles. The molecule has 41 heavy (non-hydrogen) atoms. The topological polar surface area (TPSA) is 146 Å². The number of nitrogens with zero attached hydrogens (tertiary/aromatic N) is 5. The van der Waals surface area contributed by atoms with Crippen LogP contribution < -0.4 is 9.62 Å². The van der Waals surface area contributed by atoms with E-state index >= 15 is 0 Å². The fourth-order valence-electron chi connectivity index (χ4n) is 3.83. The fourth-order valence-corrected chi connectivity index (χ4v) is 4.82. The number of carbonyl (C=O) groups excluding carboxylic acids is 2. The maximum absolute atomic E-state index is 13.3. The van der Waals surface area contributed by atoms with Crippen LogP contribution in [0.15, 0.2) is 54.9 Å². The molecular weight excluding hydrogens is 565 g/mol. The Morgan fingerprint density at radius 3 is 2.39 bits per heavy atom. The Labute approximate surface area is 233 Å². The van der Waals surface area contributed by atoms with Gasteiger partial charge in [-0.1, -0.05) is 24.0 Å². The molecular formula is C26H23F3N6O5S. The number of pyridine rings is 1. The first-order valence-corrected chi connectivity index (χ1v) is 13.8. The summed E-state index contributed by atoms with van der Waals surface area (Å²) in [5.74, 6) is 3.51. The molecule has 11 nitrogen and oxygen atoms in total. The summed E-state index contributed by atoms with van der Waals surface area (Å²) >= 11 is 0. The van der Waals surface area contributed by atoms with Crippen molar-refractivity contribution in [2.75, 3.05) is 36.8 Å². The summed E-state index contributed by atoms with van der Waals surface area (Å²) in [6.07, 6.45) is -3.49. The van der Waals surface area contributed by atoms with Crippen LogP contribution in [0, 0.1) is 11.8 Å². The lowest BCUT2D eigenvalue weighted by molar-refractivity contribution is -0.130. The minimum atomic E-state index is -4.68. The van der Waals surface area contributed by atoms with Crippen LogP contribution in [-0.4, -0.2) is 83.5 Å². The lowest BCUT2D eigenvalue weighted by Gasteiger charge is -2.35. The van der Waals surface area contributed by atoms with Crippen molar-refractivity contribution in [3.8, 4) is 17.6 Å². The molecule has 0 aliphatic carbocycles. The molecule has 0 unspecified atom stereocenters. The molecule has 0 spiro atoms. The van der Waals surface area contributed by atoms with Gasteiger partial charge in [-0.3, -0.25) is 14.6 Å². The van der Waals surface area contributed by atoms with E-state index in [1.807, 2.05) is 4.90 Å². The number of hydrogen-bond donors (Lipinski definition) is 2. The number of anilines is 1. The van der Waals surface area contributed by atoms with Gasteiger partial charge in [0.2, 0.25) is 10.0 Å². The Morgan fingerprint density at radius 2 is 1.73 bits per heavy atom. The Kier molecular flexibility index (Phi) is 8.72. The zero-order valence-electron chi connectivity index (χ0n) is 21.3. The normalized spacial score (nSPS) is 13.7. The van der Waals surface area contributed by atoms with Crippen LogP contribution in [0.5, 0.6) is 5.75 Å². The Bertz CT molecular complexity index is 1600. The number of benzene rings is 1. The molecule has 0 bridgehead atoms. The molecule has 1 aliphatic heterocycles. The standard InChI is InChI=1S/C26H23F3N6O5S/c27-26(28,29)9-14-41(39,40)33-24(37)22-7-8-23(32-31-22)34-10-12-35(13-11-34)25(38)21-4-2-1-3-19(21)6-5-18-15-20(36)17-30-16-18/h1-4,7-8,15-17,36H,9-14H2,(H,33,37). The molecule has 1 saturated heterocycles. The zero-order chi connectivity index (χ0) is 29.6. The second-order valence-corrected chi connectivity index (χ2v) is 10.7. The third-order valence-electron chi connectivity index (χ3n) is 5.90. The highest BCUT2D eigenvalue weighted by Crippen LogP contribution is 2.20. The third-order valence-corrected chi connectivity index (χ3v) is 7.14. The SMILES string of the molecule is O=C(NS(=O)(=O)CCC(F)(F)F)c1ccc(N2CCN(C(=O)c3ccccc3C#Cc3cncc(O)c3)CC2)nn1. The number of halogens is 3. The molecule has 1 aromatic carbocycles. The van der Waals surface area contributed by atoms with Crippen molar-refractivity contribution in [2.45, 2.75) is 12.6 Å². The van der Waals surface area contributed by atoms with E-state index in [0.717, 1.165) is 0 Å². The summed E-state index contributed by atoms with van der Waals surface area (Å²) in [5.41, 5.74) is 1.05. The van der Waals surface area contributed by atoms with Crippen molar-refractivity contribution in [3.05, 3.63) is 77.2 Å². The van der Waals surface area contributed by atoms with Gasteiger partial charge in [0.1, 0.15) is 5.75 Å². The number of sulfonamides is 1. The maximum Gasteiger partial charge on any atom is 0.390 e. The van der Waals surface area contributed by atoms with Gasteiger partial charge >= 0.3 is 6.18 Å². The van der Waals surface area contributed by atoms with Crippen molar-refractivity contribution in [2.24, 2.45) is 0 Å². The Hall–Kier alpha value is -4.71. The van der Waals surface area contributed by atoms with E-state index in [-0.39, 0.29) is 17.4 Å². The highest BCUT2D eigenvalue weighted by molar-refractivity contribution is 7.90. The molecule has 0 atom stereocenters. The van der Waals surface area contributed by atoms with Crippen molar-refractivity contribution in [3.63, 3.8) is 0 Å². The van der Waals surface area contributed by atoms with E-state index in [9.17, 15) is 36.3 Å². The van der Waals surface area contributed by atoms with Gasteiger partial charge in [-0.25, -0.2) is 13.1 Å². The molecule has 1 aliphatic rings. The first-order valence-electron chi connectivity index (χ1n) is 12.1. The number of rotatable bonds is 6. The predicted molar refractivity (Wildman–Crippen MR) is 140 cm³/mol. The average molecular weight is 589 g/mol. The van der Waals surface area contributed by atoms with Gasteiger partial charge < -0.3 is 14.9 Å². The summed E-state index contributed by atoms with van der Waals surface area (Å²) in [7, 11) is -4.51. The molecule has 0 radical (unpaired) electrons. The number of carbonyl (C=O) groups is 2. The summed E-state index contributed by atoms with van der Waals surface area (Å²) in [4.78, 5) is 32.8. The first kappa shape index (κ1) is 29.3. The summed E-state index contributed by atoms with van der Waals surface area (Å²) in [5, 5.41) is 17.2. The van der Waals surface area contributed by atoms with E-state index < -0.39 is 34.3 Å². The molecule has 1 fully saturated rings. The van der Waals surface area contributed by atoms with Crippen LogP contribution in [0.25, 0.3) is 0 Å². The van der Waals surface area contributed by atoms with Gasteiger partial charge in [-0.15, -0.1) is 10.2 Å². The van der Waals surface area contributed by atoms with Crippen molar-refractivity contribution in [1.82, 2.24) is 24.8 Å². The number of piperazine rings is 1. The largest absolute Gasteiger partial charge is 0.506 e. The summed E-state index contributed by atoms with van der Waals surface area (Å²) in [6.45, 7) is 1.47.